The molecule has 0 unspecified atom stereocenters. The van der Waals surface area contributed by atoms with Gasteiger partial charge in [-0.3, -0.25) is 14.5 Å². The molecule has 2 N–H and O–H groups in total. The van der Waals surface area contributed by atoms with Crippen molar-refractivity contribution in [1.82, 2.24) is 14.9 Å². The highest BCUT2D eigenvalue weighted by molar-refractivity contribution is 7.99. The van der Waals surface area contributed by atoms with Gasteiger partial charge in [-0.25, -0.2) is 4.98 Å². The van der Waals surface area contributed by atoms with Gasteiger partial charge < -0.3 is 10.3 Å². The van der Waals surface area contributed by atoms with Gasteiger partial charge in [0.2, 0.25) is 5.91 Å². The third-order valence-electron chi connectivity index (χ3n) is 5.01. The number of hydrogen-bond donors (Lipinski definition) is 2. The second kappa shape index (κ2) is 9.39. The first-order valence-electron chi connectivity index (χ1n) is 9.87. The van der Waals surface area contributed by atoms with Gasteiger partial charge in [0.05, 0.1) is 17.0 Å². The second-order valence-electron chi connectivity index (χ2n) is 7.12. The van der Waals surface area contributed by atoms with Crippen molar-refractivity contribution in [3.05, 3.63) is 50.9 Å². The summed E-state index contributed by atoms with van der Waals surface area (Å²) in [6.07, 6.45) is 2.71. The summed E-state index contributed by atoms with van der Waals surface area (Å²) < 4.78 is 0. The van der Waals surface area contributed by atoms with Crippen LogP contribution < -0.4 is 10.9 Å². The number of amides is 1. The summed E-state index contributed by atoms with van der Waals surface area (Å²) in [4.78, 5) is 34.6. The van der Waals surface area contributed by atoms with Gasteiger partial charge in [-0.05, 0) is 37.4 Å². The maximum Gasteiger partial charge on any atom is 0.256 e. The Hall–Kier alpha value is -2.12. The summed E-state index contributed by atoms with van der Waals surface area (Å²) in [6, 6.07) is 6.02. The van der Waals surface area contributed by atoms with Crippen LogP contribution in [0.3, 0.4) is 0 Å². The first kappa shape index (κ1) is 20.6. The van der Waals surface area contributed by atoms with Gasteiger partial charge in [0.25, 0.3) is 5.56 Å². The normalized spacial score (nSPS) is 14.0. The largest absolute Gasteiger partial charge is 0.325 e. The van der Waals surface area contributed by atoms with Crippen LogP contribution >= 0.6 is 11.8 Å². The van der Waals surface area contributed by atoms with Crippen LogP contribution in [0.4, 0.5) is 5.69 Å². The molecule has 6 nitrogen and oxygen atoms in total. The maximum atomic E-state index is 12.5. The lowest BCUT2D eigenvalue weighted by molar-refractivity contribution is -0.113. The van der Waals surface area contributed by atoms with E-state index >= 15 is 0 Å². The Morgan fingerprint density at radius 1 is 1.36 bits per heavy atom. The maximum absolute atomic E-state index is 12.5. The van der Waals surface area contributed by atoms with Gasteiger partial charge in [-0.2, -0.15) is 0 Å². The van der Waals surface area contributed by atoms with E-state index in [1.165, 1.54) is 11.8 Å². The van der Waals surface area contributed by atoms with Crippen molar-refractivity contribution in [3.63, 3.8) is 0 Å². The van der Waals surface area contributed by atoms with Crippen molar-refractivity contribution in [2.24, 2.45) is 0 Å². The second-order valence-corrected chi connectivity index (χ2v) is 8.09. The van der Waals surface area contributed by atoms with Crippen LogP contribution in [0.25, 0.3) is 0 Å². The third kappa shape index (κ3) is 4.83. The summed E-state index contributed by atoms with van der Waals surface area (Å²) in [5, 5.41) is 3.53. The number of nitrogens with zero attached hydrogens (tertiary/aromatic N) is 2. The highest BCUT2D eigenvalue weighted by Gasteiger charge is 2.21. The van der Waals surface area contributed by atoms with Crippen LogP contribution in [0, 0.1) is 6.92 Å². The molecule has 3 rings (SSSR count). The molecule has 2 heterocycles. The fourth-order valence-corrected chi connectivity index (χ4v) is 4.22. The highest BCUT2D eigenvalue weighted by atomic mass is 32.2. The zero-order chi connectivity index (χ0) is 20.1. The number of thioether (sulfide) groups is 1. The van der Waals surface area contributed by atoms with Crippen LogP contribution in [-0.2, 0) is 24.2 Å². The molecular formula is C21H28N4O2S. The van der Waals surface area contributed by atoms with Crippen LogP contribution in [-0.4, -0.2) is 39.6 Å². The number of rotatable bonds is 7. The van der Waals surface area contributed by atoms with Crippen molar-refractivity contribution in [2.45, 2.75) is 51.7 Å². The number of fused-ring (bicyclic) bond motifs is 1. The number of anilines is 1. The predicted octanol–water partition coefficient (Wildman–Crippen LogP) is 3.14. The average molecular weight is 401 g/mol. The summed E-state index contributed by atoms with van der Waals surface area (Å²) >= 11 is 1.27. The number of aromatic nitrogens is 2. The number of aromatic amines is 1. The molecule has 1 amide bonds. The molecule has 0 spiro atoms. The number of para-hydroxylation sites is 1. The first-order valence-corrected chi connectivity index (χ1v) is 10.9. The molecule has 0 fully saturated rings. The topological polar surface area (TPSA) is 78.1 Å². The number of H-pyrrole nitrogens is 1. The Bertz CT molecular complexity index is 910. The summed E-state index contributed by atoms with van der Waals surface area (Å²) in [7, 11) is 0. The lowest BCUT2D eigenvalue weighted by Crippen LogP contribution is -2.36. The molecule has 0 saturated carbocycles. The average Bonchev–Trinajstić information content (AvgIpc) is 2.68. The van der Waals surface area contributed by atoms with E-state index in [-0.39, 0.29) is 17.2 Å². The lowest BCUT2D eigenvalue weighted by atomic mass is 10.1. The fourth-order valence-electron chi connectivity index (χ4n) is 3.55. The minimum atomic E-state index is -0.0940. The molecule has 0 radical (unpaired) electrons. The number of hydrogen-bond acceptors (Lipinski definition) is 5. The molecule has 7 heteroatoms. The molecule has 0 bridgehead atoms. The Balaban J connectivity index is 1.65. The van der Waals surface area contributed by atoms with Crippen LogP contribution in [0.1, 0.15) is 42.7 Å². The lowest BCUT2D eigenvalue weighted by Gasteiger charge is -2.27. The zero-order valence-corrected chi connectivity index (χ0v) is 17.6. The van der Waals surface area contributed by atoms with E-state index in [4.69, 9.17) is 0 Å². The molecule has 0 saturated heterocycles. The minimum absolute atomic E-state index is 0.0825. The zero-order valence-electron chi connectivity index (χ0n) is 16.8. The Morgan fingerprint density at radius 2 is 2.18 bits per heavy atom. The summed E-state index contributed by atoms with van der Waals surface area (Å²) in [5.74, 6) is 0.116. The van der Waals surface area contributed by atoms with E-state index in [0.717, 1.165) is 60.4 Å². The number of carbonyl (C=O) groups excluding carboxylic acids is 1. The van der Waals surface area contributed by atoms with Gasteiger partial charge in [-0.15, -0.1) is 0 Å². The molecule has 1 aromatic carbocycles. The number of benzene rings is 1. The molecular weight excluding hydrogens is 372 g/mol. The van der Waals surface area contributed by atoms with Crippen molar-refractivity contribution < 1.29 is 4.79 Å². The van der Waals surface area contributed by atoms with Crippen molar-refractivity contribution in [1.29, 1.82) is 0 Å². The Labute approximate surface area is 170 Å². The summed E-state index contributed by atoms with van der Waals surface area (Å²) in [5.41, 5.74) is 4.61. The van der Waals surface area contributed by atoms with Crippen LogP contribution in [0.2, 0.25) is 0 Å². The van der Waals surface area contributed by atoms with Gasteiger partial charge in [0.1, 0.15) is 0 Å². The molecule has 28 heavy (non-hydrogen) atoms. The molecule has 2 aromatic rings. The molecule has 1 aliphatic rings. The number of carbonyl (C=O) groups is 1. The Kier molecular flexibility index (Phi) is 6.91. The van der Waals surface area contributed by atoms with Crippen LogP contribution in [0.5, 0.6) is 0 Å². The molecule has 0 atom stereocenters. The third-order valence-corrected chi connectivity index (χ3v) is 5.88. The van der Waals surface area contributed by atoms with Crippen molar-refractivity contribution >= 4 is 23.4 Å². The monoisotopic (exact) mass is 400 g/mol. The number of aryl methyl sites for hydroxylation is 2. The van der Waals surface area contributed by atoms with Gasteiger partial charge in [-0.1, -0.05) is 43.8 Å². The smallest absolute Gasteiger partial charge is 0.256 e. The molecule has 0 aliphatic carbocycles. The molecule has 1 aromatic heterocycles. The standard InChI is InChI=1S/C21H28N4O2S/c1-4-10-25-11-9-17-16(12-25)20(27)24-21(22-17)28-13-18(26)23-19-14(3)7-6-8-15(19)5-2/h6-8H,4-5,9-13H2,1-3H3,(H,23,26)(H,22,24,27). The van der Waals surface area contributed by atoms with E-state index in [0.29, 0.717) is 11.7 Å². The predicted molar refractivity (Wildman–Crippen MR) is 114 cm³/mol. The van der Waals surface area contributed by atoms with E-state index < -0.39 is 0 Å². The quantitative estimate of drug-likeness (QED) is 0.551. The number of nitrogens with one attached hydrogen (secondary N) is 2. The SMILES string of the molecule is CCCN1CCc2nc(SCC(=O)Nc3c(C)cccc3CC)[nH]c(=O)c2C1. The van der Waals surface area contributed by atoms with E-state index in [1.54, 1.807) is 0 Å². The Morgan fingerprint density at radius 3 is 2.93 bits per heavy atom. The fraction of sp³-hybridized carbons (Fsp3) is 0.476. The molecule has 150 valence electrons. The van der Waals surface area contributed by atoms with E-state index in [9.17, 15) is 9.59 Å². The molecule has 1 aliphatic heterocycles. The summed E-state index contributed by atoms with van der Waals surface area (Å²) in [6.45, 7) is 8.78. The first-order chi connectivity index (χ1) is 13.5. The van der Waals surface area contributed by atoms with Crippen molar-refractivity contribution in [3.8, 4) is 0 Å². The van der Waals surface area contributed by atoms with Gasteiger partial charge >= 0.3 is 0 Å². The van der Waals surface area contributed by atoms with E-state index in [2.05, 4.69) is 34.0 Å². The van der Waals surface area contributed by atoms with Gasteiger partial charge in [0, 0.05) is 25.2 Å². The van der Waals surface area contributed by atoms with Gasteiger partial charge in [0.15, 0.2) is 5.16 Å². The van der Waals surface area contributed by atoms with E-state index in [1.807, 2.05) is 25.1 Å². The highest BCUT2D eigenvalue weighted by Crippen LogP contribution is 2.22. The minimum Gasteiger partial charge on any atom is -0.325 e. The van der Waals surface area contributed by atoms with Crippen LogP contribution in [0.15, 0.2) is 28.2 Å². The van der Waals surface area contributed by atoms with Crippen molar-refractivity contribution in [2.75, 3.05) is 24.2 Å².